The highest BCUT2D eigenvalue weighted by molar-refractivity contribution is 7.98. The molecule has 1 nitrogen and oxygen atoms in total. The average molecular weight is 213 g/mol. The van der Waals surface area contributed by atoms with E-state index in [1.807, 2.05) is 11.8 Å². The van der Waals surface area contributed by atoms with Gasteiger partial charge < -0.3 is 5.32 Å². The van der Waals surface area contributed by atoms with E-state index < -0.39 is 0 Å². The minimum Gasteiger partial charge on any atom is -0.314 e. The molecule has 0 aromatic rings. The molecule has 2 rings (SSSR count). The lowest BCUT2D eigenvalue weighted by Gasteiger charge is -2.37. The van der Waals surface area contributed by atoms with E-state index in [2.05, 4.69) is 11.6 Å². The fourth-order valence-electron chi connectivity index (χ4n) is 2.38. The highest BCUT2D eigenvalue weighted by Gasteiger charge is 2.31. The first-order valence-corrected chi connectivity index (χ1v) is 7.52. The molecule has 82 valence electrons. The summed E-state index contributed by atoms with van der Waals surface area (Å²) in [5, 5.41) is 3.67. The Bertz CT molecular complexity index is 168. The molecule has 0 spiro atoms. The summed E-state index contributed by atoms with van der Waals surface area (Å²) < 4.78 is 0. The van der Waals surface area contributed by atoms with E-state index in [1.165, 1.54) is 50.8 Å². The van der Waals surface area contributed by atoms with Crippen molar-refractivity contribution in [3.63, 3.8) is 0 Å². The van der Waals surface area contributed by atoms with Gasteiger partial charge in [0.15, 0.2) is 0 Å². The fourth-order valence-corrected chi connectivity index (χ4v) is 2.84. The standard InChI is InChI=1S/C12H23NS/c1-14-8-2-3-10-4-5-11(10)9-13-12-6-7-12/h10-13H,2-9H2,1H3. The van der Waals surface area contributed by atoms with Crippen molar-refractivity contribution in [3.8, 4) is 0 Å². The van der Waals surface area contributed by atoms with E-state index >= 15 is 0 Å². The Morgan fingerprint density at radius 2 is 1.93 bits per heavy atom. The largest absolute Gasteiger partial charge is 0.314 e. The van der Waals surface area contributed by atoms with Gasteiger partial charge >= 0.3 is 0 Å². The quantitative estimate of drug-likeness (QED) is 0.653. The van der Waals surface area contributed by atoms with Gasteiger partial charge in [0.2, 0.25) is 0 Å². The van der Waals surface area contributed by atoms with Crippen LogP contribution in [0.3, 0.4) is 0 Å². The Hall–Kier alpha value is 0.310. The van der Waals surface area contributed by atoms with E-state index in [9.17, 15) is 0 Å². The van der Waals surface area contributed by atoms with Gasteiger partial charge in [0.1, 0.15) is 0 Å². The molecule has 2 fully saturated rings. The Balaban J connectivity index is 1.53. The summed E-state index contributed by atoms with van der Waals surface area (Å²) >= 11 is 1.99. The zero-order chi connectivity index (χ0) is 9.80. The van der Waals surface area contributed by atoms with Gasteiger partial charge in [0.05, 0.1) is 0 Å². The summed E-state index contributed by atoms with van der Waals surface area (Å²) in [5.41, 5.74) is 0. The van der Waals surface area contributed by atoms with Gasteiger partial charge in [-0.25, -0.2) is 0 Å². The second-order valence-electron chi connectivity index (χ2n) is 4.92. The Morgan fingerprint density at radius 3 is 2.50 bits per heavy atom. The molecular formula is C12H23NS. The number of nitrogens with one attached hydrogen (secondary N) is 1. The van der Waals surface area contributed by atoms with Gasteiger partial charge in [0.25, 0.3) is 0 Å². The summed E-state index contributed by atoms with van der Waals surface area (Å²) in [6, 6.07) is 0.905. The smallest absolute Gasteiger partial charge is 0.00683 e. The van der Waals surface area contributed by atoms with Gasteiger partial charge in [-0.1, -0.05) is 0 Å². The predicted molar refractivity (Wildman–Crippen MR) is 64.9 cm³/mol. The van der Waals surface area contributed by atoms with Gasteiger partial charge in [-0.05, 0) is 68.9 Å². The van der Waals surface area contributed by atoms with Crippen LogP contribution in [0.4, 0.5) is 0 Å². The summed E-state index contributed by atoms with van der Waals surface area (Å²) in [6.07, 6.45) is 11.0. The lowest BCUT2D eigenvalue weighted by atomic mass is 9.71. The van der Waals surface area contributed by atoms with Crippen molar-refractivity contribution >= 4 is 11.8 Å². The zero-order valence-corrected chi connectivity index (χ0v) is 10.1. The molecule has 2 unspecified atom stereocenters. The predicted octanol–water partition coefficient (Wildman–Crippen LogP) is 2.91. The van der Waals surface area contributed by atoms with Gasteiger partial charge in [0, 0.05) is 6.04 Å². The molecule has 14 heavy (non-hydrogen) atoms. The summed E-state index contributed by atoms with van der Waals surface area (Å²) in [4.78, 5) is 0. The molecule has 0 radical (unpaired) electrons. The molecule has 2 saturated carbocycles. The second kappa shape index (κ2) is 5.41. The topological polar surface area (TPSA) is 12.0 Å². The molecule has 0 aromatic heterocycles. The minimum atomic E-state index is 0.905. The Kier molecular flexibility index (Phi) is 4.18. The molecule has 0 heterocycles. The second-order valence-corrected chi connectivity index (χ2v) is 5.90. The maximum atomic E-state index is 3.67. The van der Waals surface area contributed by atoms with Crippen LogP contribution in [-0.4, -0.2) is 24.6 Å². The lowest BCUT2D eigenvalue weighted by Crippen LogP contribution is -2.36. The van der Waals surface area contributed by atoms with Crippen LogP contribution in [-0.2, 0) is 0 Å². The number of hydrogen-bond acceptors (Lipinski definition) is 2. The van der Waals surface area contributed by atoms with Crippen molar-refractivity contribution in [1.29, 1.82) is 0 Å². The summed E-state index contributed by atoms with van der Waals surface area (Å²) in [7, 11) is 0. The number of rotatable bonds is 7. The van der Waals surface area contributed by atoms with Crippen molar-refractivity contribution in [2.45, 2.75) is 44.6 Å². The van der Waals surface area contributed by atoms with Crippen molar-refractivity contribution < 1.29 is 0 Å². The van der Waals surface area contributed by atoms with Crippen molar-refractivity contribution in [3.05, 3.63) is 0 Å². The van der Waals surface area contributed by atoms with Crippen molar-refractivity contribution in [2.75, 3.05) is 18.6 Å². The third-order valence-corrected chi connectivity index (χ3v) is 4.44. The van der Waals surface area contributed by atoms with Crippen LogP contribution in [0.15, 0.2) is 0 Å². The first-order chi connectivity index (χ1) is 6.90. The molecule has 0 aromatic carbocycles. The molecule has 2 aliphatic carbocycles. The fraction of sp³-hybridized carbons (Fsp3) is 1.00. The molecule has 1 N–H and O–H groups in total. The minimum absolute atomic E-state index is 0.905. The molecule has 0 bridgehead atoms. The Morgan fingerprint density at radius 1 is 1.14 bits per heavy atom. The number of hydrogen-bond donors (Lipinski definition) is 1. The van der Waals surface area contributed by atoms with E-state index in [0.29, 0.717) is 0 Å². The normalized spacial score (nSPS) is 31.5. The van der Waals surface area contributed by atoms with Crippen LogP contribution < -0.4 is 5.32 Å². The van der Waals surface area contributed by atoms with Crippen LogP contribution in [0, 0.1) is 11.8 Å². The monoisotopic (exact) mass is 213 g/mol. The SMILES string of the molecule is CSCCCC1CCC1CNC1CC1. The van der Waals surface area contributed by atoms with Gasteiger partial charge in [-0.2, -0.15) is 11.8 Å². The molecule has 2 atom stereocenters. The zero-order valence-electron chi connectivity index (χ0n) is 9.30. The lowest BCUT2D eigenvalue weighted by molar-refractivity contribution is 0.159. The highest BCUT2D eigenvalue weighted by Crippen LogP contribution is 2.37. The van der Waals surface area contributed by atoms with Crippen molar-refractivity contribution in [2.24, 2.45) is 11.8 Å². The molecule has 0 amide bonds. The highest BCUT2D eigenvalue weighted by atomic mass is 32.2. The third kappa shape index (κ3) is 3.16. The van der Waals surface area contributed by atoms with Gasteiger partial charge in [-0.15, -0.1) is 0 Å². The van der Waals surface area contributed by atoms with E-state index in [0.717, 1.165) is 17.9 Å². The molecular weight excluding hydrogens is 190 g/mol. The maximum absolute atomic E-state index is 3.67. The summed E-state index contributed by atoms with van der Waals surface area (Å²) in [6.45, 7) is 1.31. The van der Waals surface area contributed by atoms with Crippen LogP contribution in [0.2, 0.25) is 0 Å². The van der Waals surface area contributed by atoms with Crippen LogP contribution in [0.1, 0.15) is 38.5 Å². The van der Waals surface area contributed by atoms with Gasteiger partial charge in [-0.3, -0.25) is 0 Å². The van der Waals surface area contributed by atoms with Crippen LogP contribution in [0.25, 0.3) is 0 Å². The van der Waals surface area contributed by atoms with Crippen LogP contribution in [0.5, 0.6) is 0 Å². The maximum Gasteiger partial charge on any atom is 0.00683 e. The summed E-state index contributed by atoms with van der Waals surface area (Å²) in [5.74, 6) is 3.45. The van der Waals surface area contributed by atoms with E-state index in [-0.39, 0.29) is 0 Å². The number of thioether (sulfide) groups is 1. The molecule has 0 saturated heterocycles. The average Bonchev–Trinajstić information content (AvgIpc) is 2.94. The first-order valence-electron chi connectivity index (χ1n) is 6.12. The van der Waals surface area contributed by atoms with E-state index in [4.69, 9.17) is 0 Å². The molecule has 0 aliphatic heterocycles. The van der Waals surface area contributed by atoms with Crippen LogP contribution >= 0.6 is 11.8 Å². The van der Waals surface area contributed by atoms with E-state index in [1.54, 1.807) is 0 Å². The molecule has 2 aliphatic rings. The Labute approximate surface area is 92.4 Å². The third-order valence-electron chi connectivity index (χ3n) is 3.74. The molecule has 2 heteroatoms. The van der Waals surface area contributed by atoms with Crippen molar-refractivity contribution in [1.82, 2.24) is 5.32 Å². The first kappa shape index (κ1) is 10.8.